The van der Waals surface area contributed by atoms with Crippen molar-refractivity contribution >= 4 is 26.6 Å². The van der Waals surface area contributed by atoms with Crippen LogP contribution in [0.3, 0.4) is 0 Å². The quantitative estimate of drug-likeness (QED) is 0.444. The van der Waals surface area contributed by atoms with E-state index in [1.54, 1.807) is 22.9 Å². The summed E-state index contributed by atoms with van der Waals surface area (Å²) in [6.45, 7) is 4.46. The lowest BCUT2D eigenvalue weighted by atomic mass is 10.1. The predicted molar refractivity (Wildman–Crippen MR) is 116 cm³/mol. The number of anilines is 1. The summed E-state index contributed by atoms with van der Waals surface area (Å²) in [6, 6.07) is 16.4. The standard InChI is InChI=1S/C21H22N6O2S/c1-15-12-16(2)27(26-15)21-13-20(23-14-24-21)22-10-11-25-30(28,29)19-9-5-7-17-6-3-4-8-18(17)19/h3-9,12-14,25H,10-11H2,1-2H3,(H,22,23,24). The van der Waals surface area contributed by atoms with Gasteiger partial charge in [-0.05, 0) is 31.4 Å². The highest BCUT2D eigenvalue weighted by Gasteiger charge is 2.16. The number of sulfonamides is 1. The Morgan fingerprint density at radius 1 is 0.967 bits per heavy atom. The minimum atomic E-state index is -3.63. The Balaban J connectivity index is 1.41. The highest BCUT2D eigenvalue weighted by molar-refractivity contribution is 7.89. The molecule has 4 aromatic rings. The van der Waals surface area contributed by atoms with E-state index in [2.05, 4.69) is 25.1 Å². The van der Waals surface area contributed by atoms with Crippen LogP contribution in [0.1, 0.15) is 11.4 Å². The second-order valence-electron chi connectivity index (χ2n) is 6.90. The first-order chi connectivity index (χ1) is 14.4. The lowest BCUT2D eigenvalue weighted by Crippen LogP contribution is -2.29. The molecular formula is C21H22N6O2S. The first-order valence-corrected chi connectivity index (χ1v) is 11.0. The molecule has 0 atom stereocenters. The molecule has 0 radical (unpaired) electrons. The first kappa shape index (κ1) is 20.0. The summed E-state index contributed by atoms with van der Waals surface area (Å²) in [4.78, 5) is 8.72. The molecule has 8 nitrogen and oxygen atoms in total. The smallest absolute Gasteiger partial charge is 0.241 e. The normalized spacial score (nSPS) is 11.7. The molecule has 0 aliphatic carbocycles. The second kappa shape index (κ2) is 8.21. The summed E-state index contributed by atoms with van der Waals surface area (Å²) in [5.41, 5.74) is 1.88. The van der Waals surface area contributed by atoms with Crippen LogP contribution in [0, 0.1) is 13.8 Å². The average Bonchev–Trinajstić information content (AvgIpc) is 3.09. The van der Waals surface area contributed by atoms with Gasteiger partial charge in [-0.2, -0.15) is 5.10 Å². The monoisotopic (exact) mass is 422 g/mol. The van der Waals surface area contributed by atoms with Crippen LogP contribution in [-0.2, 0) is 10.0 Å². The number of benzene rings is 2. The largest absolute Gasteiger partial charge is 0.369 e. The van der Waals surface area contributed by atoms with Gasteiger partial charge in [-0.25, -0.2) is 27.8 Å². The Morgan fingerprint density at radius 3 is 2.57 bits per heavy atom. The van der Waals surface area contributed by atoms with Crippen molar-refractivity contribution in [3.63, 3.8) is 0 Å². The van der Waals surface area contributed by atoms with Gasteiger partial charge >= 0.3 is 0 Å². The van der Waals surface area contributed by atoms with Gasteiger partial charge in [0.2, 0.25) is 10.0 Å². The van der Waals surface area contributed by atoms with Gasteiger partial charge < -0.3 is 5.32 Å². The van der Waals surface area contributed by atoms with Crippen LogP contribution in [0.25, 0.3) is 16.6 Å². The predicted octanol–water partition coefficient (Wildman–Crippen LogP) is 2.82. The van der Waals surface area contributed by atoms with Gasteiger partial charge in [-0.3, -0.25) is 0 Å². The van der Waals surface area contributed by atoms with Crippen molar-refractivity contribution in [1.82, 2.24) is 24.5 Å². The van der Waals surface area contributed by atoms with Crippen LogP contribution >= 0.6 is 0 Å². The van der Waals surface area contributed by atoms with Gasteiger partial charge in [0.1, 0.15) is 12.1 Å². The van der Waals surface area contributed by atoms with Gasteiger partial charge in [0.05, 0.1) is 10.6 Å². The third-order valence-electron chi connectivity index (χ3n) is 4.64. The Bertz CT molecular complexity index is 1290. The number of aromatic nitrogens is 4. The van der Waals surface area contributed by atoms with Crippen molar-refractivity contribution < 1.29 is 8.42 Å². The number of nitrogens with one attached hydrogen (secondary N) is 2. The summed E-state index contributed by atoms with van der Waals surface area (Å²) in [5.74, 6) is 1.24. The molecule has 0 aliphatic rings. The van der Waals surface area contributed by atoms with E-state index in [1.165, 1.54) is 6.33 Å². The van der Waals surface area contributed by atoms with Gasteiger partial charge in [0.15, 0.2) is 5.82 Å². The highest BCUT2D eigenvalue weighted by atomic mass is 32.2. The zero-order valence-corrected chi connectivity index (χ0v) is 17.5. The number of fused-ring (bicyclic) bond motifs is 1. The number of hydrogen-bond acceptors (Lipinski definition) is 6. The fourth-order valence-electron chi connectivity index (χ4n) is 3.30. The lowest BCUT2D eigenvalue weighted by molar-refractivity contribution is 0.584. The number of hydrogen-bond donors (Lipinski definition) is 2. The van der Waals surface area contributed by atoms with Gasteiger partial charge in [0.25, 0.3) is 0 Å². The molecule has 0 amide bonds. The summed E-state index contributed by atoms with van der Waals surface area (Å²) in [5, 5.41) is 9.12. The molecule has 4 rings (SSSR count). The fraction of sp³-hybridized carbons (Fsp3) is 0.190. The third kappa shape index (κ3) is 4.17. The van der Waals surface area contributed by atoms with Crippen LogP contribution in [-0.4, -0.2) is 41.3 Å². The first-order valence-electron chi connectivity index (χ1n) is 9.51. The van der Waals surface area contributed by atoms with E-state index in [0.29, 0.717) is 23.6 Å². The molecule has 2 aromatic carbocycles. The van der Waals surface area contributed by atoms with Crippen LogP contribution < -0.4 is 10.0 Å². The molecule has 0 saturated carbocycles. The SMILES string of the molecule is Cc1cc(C)n(-c2cc(NCCNS(=O)(=O)c3cccc4ccccc34)ncn2)n1. The minimum absolute atomic E-state index is 0.213. The molecule has 9 heteroatoms. The van der Waals surface area contributed by atoms with Crippen LogP contribution in [0.2, 0.25) is 0 Å². The van der Waals surface area contributed by atoms with Crippen molar-refractivity contribution in [2.75, 3.05) is 18.4 Å². The Morgan fingerprint density at radius 2 is 1.77 bits per heavy atom. The van der Waals surface area contributed by atoms with Crippen LogP contribution in [0.5, 0.6) is 0 Å². The maximum Gasteiger partial charge on any atom is 0.241 e. The van der Waals surface area contributed by atoms with E-state index >= 15 is 0 Å². The lowest BCUT2D eigenvalue weighted by Gasteiger charge is -2.11. The Hall–Kier alpha value is -3.30. The molecular weight excluding hydrogens is 400 g/mol. The zero-order valence-electron chi connectivity index (χ0n) is 16.7. The molecule has 30 heavy (non-hydrogen) atoms. The van der Waals surface area contributed by atoms with E-state index in [9.17, 15) is 8.42 Å². The molecule has 0 aliphatic heterocycles. The summed E-state index contributed by atoms with van der Waals surface area (Å²) in [6.07, 6.45) is 1.45. The van der Waals surface area contributed by atoms with Gasteiger partial charge in [-0.15, -0.1) is 0 Å². The second-order valence-corrected chi connectivity index (χ2v) is 8.64. The zero-order chi connectivity index (χ0) is 21.1. The maximum absolute atomic E-state index is 12.8. The van der Waals surface area contributed by atoms with E-state index in [-0.39, 0.29) is 11.4 Å². The van der Waals surface area contributed by atoms with E-state index < -0.39 is 10.0 Å². The maximum atomic E-state index is 12.8. The molecule has 0 bridgehead atoms. The Labute approximate surface area is 175 Å². The van der Waals surface area contributed by atoms with E-state index in [4.69, 9.17) is 0 Å². The van der Waals surface area contributed by atoms with Gasteiger partial charge in [0, 0.05) is 30.2 Å². The number of rotatable bonds is 7. The fourth-order valence-corrected chi connectivity index (χ4v) is 4.56. The molecule has 2 N–H and O–H groups in total. The van der Waals surface area contributed by atoms with Crippen molar-refractivity contribution in [2.24, 2.45) is 0 Å². The molecule has 0 unspecified atom stereocenters. The van der Waals surface area contributed by atoms with Crippen LogP contribution in [0.4, 0.5) is 5.82 Å². The molecule has 154 valence electrons. The number of aryl methyl sites for hydroxylation is 2. The Kier molecular flexibility index (Phi) is 5.47. The average molecular weight is 423 g/mol. The van der Waals surface area contributed by atoms with Crippen molar-refractivity contribution in [2.45, 2.75) is 18.7 Å². The van der Waals surface area contributed by atoms with E-state index in [0.717, 1.165) is 16.8 Å². The van der Waals surface area contributed by atoms with E-state index in [1.807, 2.05) is 50.2 Å². The molecule has 0 fully saturated rings. The minimum Gasteiger partial charge on any atom is -0.369 e. The number of nitrogens with zero attached hydrogens (tertiary/aromatic N) is 4. The summed E-state index contributed by atoms with van der Waals surface area (Å²) < 4.78 is 29.9. The molecule has 2 aromatic heterocycles. The highest BCUT2D eigenvalue weighted by Crippen LogP contribution is 2.22. The molecule has 2 heterocycles. The van der Waals surface area contributed by atoms with Crippen molar-refractivity contribution in [3.8, 4) is 5.82 Å². The van der Waals surface area contributed by atoms with Crippen LogP contribution in [0.15, 0.2) is 65.8 Å². The topological polar surface area (TPSA) is 102 Å². The molecule has 0 spiro atoms. The van der Waals surface area contributed by atoms with Gasteiger partial charge in [-0.1, -0.05) is 36.4 Å². The summed E-state index contributed by atoms with van der Waals surface area (Å²) in [7, 11) is -3.63. The van der Waals surface area contributed by atoms with Crippen molar-refractivity contribution in [3.05, 3.63) is 72.3 Å². The third-order valence-corrected chi connectivity index (χ3v) is 6.16. The molecule has 0 saturated heterocycles. The van der Waals surface area contributed by atoms with Crippen molar-refractivity contribution in [1.29, 1.82) is 0 Å². The summed E-state index contributed by atoms with van der Waals surface area (Å²) >= 11 is 0.